The van der Waals surface area contributed by atoms with E-state index in [1.54, 1.807) is 14.0 Å². The molecular formula is C18H25NO2. The average molecular weight is 287 g/mol. The number of anilines is 1. The minimum absolute atomic E-state index is 0.0968. The lowest BCUT2D eigenvalue weighted by atomic mass is 9.95. The van der Waals surface area contributed by atoms with Crippen molar-refractivity contribution < 1.29 is 9.53 Å². The lowest BCUT2D eigenvalue weighted by molar-refractivity contribution is 0.101. The number of benzene rings is 1. The number of hydrogen-bond donors (Lipinski definition) is 0. The Morgan fingerprint density at radius 2 is 1.95 bits per heavy atom. The molecule has 2 fully saturated rings. The Kier molecular flexibility index (Phi) is 4.18. The predicted molar refractivity (Wildman–Crippen MR) is 85.3 cm³/mol. The molecule has 0 bridgehead atoms. The molecule has 3 rings (SSSR count). The molecule has 1 aromatic rings. The summed E-state index contributed by atoms with van der Waals surface area (Å²) in [4.78, 5) is 14.6. The molecule has 1 heterocycles. The highest BCUT2D eigenvalue weighted by atomic mass is 16.5. The number of ether oxygens (including phenoxy) is 1. The molecule has 0 spiro atoms. The number of nitrogens with zero attached hydrogens (tertiary/aromatic N) is 1. The van der Waals surface area contributed by atoms with Gasteiger partial charge in [-0.3, -0.25) is 4.79 Å². The number of methoxy groups -OCH3 is 1. The molecule has 1 saturated carbocycles. The maximum absolute atomic E-state index is 12.1. The van der Waals surface area contributed by atoms with E-state index in [0.29, 0.717) is 11.8 Å². The molecule has 0 aromatic heterocycles. The molecule has 3 heteroatoms. The van der Waals surface area contributed by atoms with Crippen LogP contribution in [0.4, 0.5) is 5.69 Å². The summed E-state index contributed by atoms with van der Waals surface area (Å²) < 4.78 is 5.42. The Hall–Kier alpha value is -1.51. The number of carbonyl (C=O) groups is 1. The van der Waals surface area contributed by atoms with Crippen molar-refractivity contribution in [3.05, 3.63) is 23.8 Å². The number of rotatable bonds is 4. The average Bonchev–Trinajstić information content (AvgIpc) is 3.16. The smallest absolute Gasteiger partial charge is 0.165 e. The molecule has 1 aliphatic heterocycles. The Labute approximate surface area is 127 Å². The predicted octanol–water partition coefficient (Wildman–Crippen LogP) is 4.06. The van der Waals surface area contributed by atoms with E-state index in [1.807, 2.05) is 12.1 Å². The summed E-state index contributed by atoms with van der Waals surface area (Å²) in [6.45, 7) is 2.70. The number of hydrogen-bond acceptors (Lipinski definition) is 3. The molecule has 0 radical (unpaired) electrons. The summed E-state index contributed by atoms with van der Waals surface area (Å²) in [6, 6.07) is 6.59. The summed E-state index contributed by atoms with van der Waals surface area (Å²) in [5.74, 6) is 1.61. The normalized spacial score (nSPS) is 22.8. The Morgan fingerprint density at radius 3 is 2.62 bits per heavy atom. The van der Waals surface area contributed by atoms with Gasteiger partial charge in [-0.15, -0.1) is 0 Å². The maximum atomic E-state index is 12.1. The summed E-state index contributed by atoms with van der Waals surface area (Å²) >= 11 is 0. The summed E-state index contributed by atoms with van der Waals surface area (Å²) in [5.41, 5.74) is 1.83. The van der Waals surface area contributed by atoms with E-state index in [9.17, 15) is 4.79 Å². The fraction of sp³-hybridized carbons (Fsp3) is 0.611. The second kappa shape index (κ2) is 6.08. The van der Waals surface area contributed by atoms with Crippen molar-refractivity contribution in [3.8, 4) is 5.75 Å². The number of carbonyl (C=O) groups excluding carboxylic acids is 1. The minimum Gasteiger partial charge on any atom is -0.496 e. The molecule has 2 aliphatic rings. The van der Waals surface area contributed by atoms with Crippen LogP contribution in [0, 0.1) is 5.92 Å². The second-order valence-electron chi connectivity index (χ2n) is 6.36. The van der Waals surface area contributed by atoms with E-state index in [0.717, 1.165) is 23.7 Å². The van der Waals surface area contributed by atoms with Gasteiger partial charge in [0.15, 0.2) is 5.78 Å². The van der Waals surface area contributed by atoms with Crippen molar-refractivity contribution >= 4 is 11.5 Å². The van der Waals surface area contributed by atoms with Crippen LogP contribution in [0.1, 0.15) is 55.8 Å². The maximum Gasteiger partial charge on any atom is 0.165 e. The van der Waals surface area contributed by atoms with Crippen LogP contribution in [-0.4, -0.2) is 25.5 Å². The number of ketones is 1. The molecule has 1 saturated heterocycles. The SMILES string of the molecule is COc1cccc(N2CCCC2C2CCCC2)c1C(C)=O. The van der Waals surface area contributed by atoms with Crippen molar-refractivity contribution in [2.24, 2.45) is 5.92 Å². The fourth-order valence-electron chi connectivity index (χ4n) is 4.21. The van der Waals surface area contributed by atoms with Crippen molar-refractivity contribution in [3.63, 3.8) is 0 Å². The molecule has 1 unspecified atom stereocenters. The topological polar surface area (TPSA) is 29.5 Å². The molecule has 3 nitrogen and oxygen atoms in total. The van der Waals surface area contributed by atoms with Gasteiger partial charge in [0, 0.05) is 12.6 Å². The highest BCUT2D eigenvalue weighted by molar-refractivity contribution is 6.02. The van der Waals surface area contributed by atoms with Gasteiger partial charge >= 0.3 is 0 Å². The van der Waals surface area contributed by atoms with E-state index < -0.39 is 0 Å². The first-order chi connectivity index (χ1) is 10.2. The molecule has 0 N–H and O–H groups in total. The van der Waals surface area contributed by atoms with Crippen LogP contribution in [0.2, 0.25) is 0 Å². The van der Waals surface area contributed by atoms with E-state index in [-0.39, 0.29) is 5.78 Å². The van der Waals surface area contributed by atoms with Crippen molar-refractivity contribution in [1.29, 1.82) is 0 Å². The monoisotopic (exact) mass is 287 g/mol. The van der Waals surface area contributed by atoms with Gasteiger partial charge < -0.3 is 9.64 Å². The molecule has 114 valence electrons. The van der Waals surface area contributed by atoms with Crippen LogP contribution in [-0.2, 0) is 0 Å². The van der Waals surface area contributed by atoms with Gasteiger partial charge in [-0.1, -0.05) is 18.9 Å². The van der Waals surface area contributed by atoms with Crippen LogP contribution in [0.3, 0.4) is 0 Å². The van der Waals surface area contributed by atoms with E-state index in [2.05, 4.69) is 11.0 Å². The van der Waals surface area contributed by atoms with Crippen molar-refractivity contribution in [2.45, 2.75) is 51.5 Å². The quantitative estimate of drug-likeness (QED) is 0.782. The summed E-state index contributed by atoms with van der Waals surface area (Å²) in [6.07, 6.45) is 7.93. The minimum atomic E-state index is 0.0968. The van der Waals surface area contributed by atoms with Crippen molar-refractivity contribution in [1.82, 2.24) is 0 Å². The zero-order valence-electron chi connectivity index (χ0n) is 13.1. The first kappa shape index (κ1) is 14.4. The highest BCUT2D eigenvalue weighted by Gasteiger charge is 2.35. The fourth-order valence-corrected chi connectivity index (χ4v) is 4.21. The van der Waals surface area contributed by atoms with Crippen LogP contribution < -0.4 is 9.64 Å². The molecule has 21 heavy (non-hydrogen) atoms. The Balaban J connectivity index is 1.96. The van der Waals surface area contributed by atoms with Crippen LogP contribution in [0.5, 0.6) is 5.75 Å². The van der Waals surface area contributed by atoms with E-state index in [1.165, 1.54) is 38.5 Å². The summed E-state index contributed by atoms with van der Waals surface area (Å²) in [5, 5.41) is 0. The van der Waals surface area contributed by atoms with Gasteiger partial charge in [-0.25, -0.2) is 0 Å². The van der Waals surface area contributed by atoms with Gasteiger partial charge in [0.1, 0.15) is 5.75 Å². The standard InChI is InChI=1S/C18H25NO2/c1-13(20)18-16(9-5-11-17(18)21-2)19-12-6-10-15(19)14-7-3-4-8-14/h5,9,11,14-15H,3-4,6-8,10,12H2,1-2H3. The van der Waals surface area contributed by atoms with Crippen molar-refractivity contribution in [2.75, 3.05) is 18.6 Å². The third-order valence-electron chi connectivity index (χ3n) is 5.13. The molecule has 0 amide bonds. The third kappa shape index (κ3) is 2.66. The van der Waals surface area contributed by atoms with Crippen LogP contribution in [0.15, 0.2) is 18.2 Å². The Bertz CT molecular complexity index is 520. The lowest BCUT2D eigenvalue weighted by Crippen LogP contribution is -2.35. The molecule has 1 aliphatic carbocycles. The van der Waals surface area contributed by atoms with E-state index in [4.69, 9.17) is 4.74 Å². The van der Waals surface area contributed by atoms with Gasteiger partial charge in [0.2, 0.25) is 0 Å². The van der Waals surface area contributed by atoms with Gasteiger partial charge in [0.05, 0.1) is 18.4 Å². The number of Topliss-reactive ketones (excluding diaryl/α,β-unsaturated/α-hetero) is 1. The highest BCUT2D eigenvalue weighted by Crippen LogP contribution is 2.40. The molecule has 1 atom stereocenters. The molecule has 1 aromatic carbocycles. The van der Waals surface area contributed by atoms with Gasteiger partial charge in [0.25, 0.3) is 0 Å². The van der Waals surface area contributed by atoms with Crippen LogP contribution >= 0.6 is 0 Å². The summed E-state index contributed by atoms with van der Waals surface area (Å²) in [7, 11) is 1.64. The zero-order valence-corrected chi connectivity index (χ0v) is 13.1. The first-order valence-corrected chi connectivity index (χ1v) is 8.17. The largest absolute Gasteiger partial charge is 0.496 e. The lowest BCUT2D eigenvalue weighted by Gasteiger charge is -2.32. The molecular weight excluding hydrogens is 262 g/mol. The van der Waals surface area contributed by atoms with E-state index >= 15 is 0 Å². The second-order valence-corrected chi connectivity index (χ2v) is 6.36. The van der Waals surface area contributed by atoms with Gasteiger partial charge in [-0.2, -0.15) is 0 Å². The zero-order chi connectivity index (χ0) is 14.8. The van der Waals surface area contributed by atoms with Crippen LogP contribution in [0.25, 0.3) is 0 Å². The first-order valence-electron chi connectivity index (χ1n) is 8.17. The third-order valence-corrected chi connectivity index (χ3v) is 5.13. The Morgan fingerprint density at radius 1 is 1.19 bits per heavy atom. The van der Waals surface area contributed by atoms with Gasteiger partial charge in [-0.05, 0) is 50.7 Å².